The number of thioether (sulfide) groups is 1. The van der Waals surface area contributed by atoms with Gasteiger partial charge in [-0.1, -0.05) is 6.07 Å². The predicted molar refractivity (Wildman–Crippen MR) is 88.5 cm³/mol. The van der Waals surface area contributed by atoms with Gasteiger partial charge in [0.2, 0.25) is 0 Å². The minimum Gasteiger partial charge on any atom is -0.481 e. The van der Waals surface area contributed by atoms with Crippen LogP contribution in [0.2, 0.25) is 0 Å². The normalized spacial score (nSPS) is 18.3. The van der Waals surface area contributed by atoms with Gasteiger partial charge in [0.05, 0.1) is 0 Å². The molecular weight excluding hydrogens is 298 g/mol. The zero-order chi connectivity index (χ0) is 16.1. The minimum atomic E-state index is -0.757. The van der Waals surface area contributed by atoms with E-state index in [1.54, 1.807) is 11.8 Å². The number of piperidine rings is 1. The zero-order valence-electron chi connectivity index (χ0n) is 13.2. The number of nitrogens with zero attached hydrogens (tertiary/aromatic N) is 1. The van der Waals surface area contributed by atoms with Crippen LogP contribution in [0.3, 0.4) is 0 Å². The molecule has 0 aliphatic carbocycles. The van der Waals surface area contributed by atoms with Crippen molar-refractivity contribution in [1.82, 2.24) is 4.90 Å². The summed E-state index contributed by atoms with van der Waals surface area (Å²) in [6, 6.07) is 5.98. The van der Waals surface area contributed by atoms with Crippen molar-refractivity contribution in [2.24, 2.45) is 5.92 Å². The van der Waals surface area contributed by atoms with E-state index in [0.29, 0.717) is 18.9 Å². The van der Waals surface area contributed by atoms with E-state index in [-0.39, 0.29) is 12.3 Å². The van der Waals surface area contributed by atoms with Crippen LogP contribution in [0.1, 0.15) is 41.6 Å². The topological polar surface area (TPSA) is 57.6 Å². The number of carboxylic acid groups (broad SMARTS) is 1. The van der Waals surface area contributed by atoms with Crippen LogP contribution in [-0.4, -0.2) is 41.2 Å². The fourth-order valence-corrected chi connectivity index (χ4v) is 3.38. The smallest absolute Gasteiger partial charge is 0.303 e. The Morgan fingerprint density at radius 1 is 1.41 bits per heavy atom. The SMILES string of the molecule is CSc1ccc(C)c(C(=O)N2CCCC(CCC(=O)O)C2)c1. The van der Waals surface area contributed by atoms with Crippen LogP contribution in [0, 0.1) is 12.8 Å². The fourth-order valence-electron chi connectivity index (χ4n) is 2.94. The zero-order valence-corrected chi connectivity index (χ0v) is 14.0. The molecule has 0 saturated carbocycles. The first-order valence-electron chi connectivity index (χ1n) is 7.67. The molecule has 0 spiro atoms. The molecule has 1 saturated heterocycles. The van der Waals surface area contributed by atoms with Gasteiger partial charge < -0.3 is 10.0 Å². The number of hydrogen-bond donors (Lipinski definition) is 1. The molecule has 2 rings (SSSR count). The fraction of sp³-hybridized carbons (Fsp3) is 0.529. The Morgan fingerprint density at radius 2 is 2.18 bits per heavy atom. The van der Waals surface area contributed by atoms with Gasteiger partial charge in [-0.3, -0.25) is 9.59 Å². The highest BCUT2D eigenvalue weighted by molar-refractivity contribution is 7.98. The summed E-state index contributed by atoms with van der Waals surface area (Å²) >= 11 is 1.63. The van der Waals surface area contributed by atoms with Crippen LogP contribution in [0.15, 0.2) is 23.1 Å². The van der Waals surface area contributed by atoms with Crippen LogP contribution in [-0.2, 0) is 4.79 Å². The van der Waals surface area contributed by atoms with Crippen molar-refractivity contribution < 1.29 is 14.7 Å². The number of aryl methyl sites for hydroxylation is 1. The molecule has 1 aromatic rings. The number of hydrogen-bond acceptors (Lipinski definition) is 3. The molecule has 22 heavy (non-hydrogen) atoms. The van der Waals surface area contributed by atoms with Crippen molar-refractivity contribution in [1.29, 1.82) is 0 Å². The molecular formula is C17H23NO3S. The molecule has 1 atom stereocenters. The van der Waals surface area contributed by atoms with Gasteiger partial charge in [0.25, 0.3) is 5.91 Å². The largest absolute Gasteiger partial charge is 0.481 e. The maximum absolute atomic E-state index is 12.8. The lowest BCUT2D eigenvalue weighted by Crippen LogP contribution is -2.40. The third-order valence-electron chi connectivity index (χ3n) is 4.25. The Labute approximate surface area is 135 Å². The van der Waals surface area contributed by atoms with Gasteiger partial charge in [-0.25, -0.2) is 0 Å². The third-order valence-corrected chi connectivity index (χ3v) is 4.97. The first-order chi connectivity index (χ1) is 10.5. The summed E-state index contributed by atoms with van der Waals surface area (Å²) < 4.78 is 0. The van der Waals surface area contributed by atoms with Gasteiger partial charge >= 0.3 is 5.97 Å². The number of rotatable bonds is 5. The second kappa shape index (κ2) is 7.68. The standard InChI is InChI=1S/C17H23NO3S/c1-12-5-7-14(22-2)10-15(12)17(21)18-9-3-4-13(11-18)6-8-16(19)20/h5,7,10,13H,3-4,6,8-9,11H2,1-2H3,(H,19,20). The van der Waals surface area contributed by atoms with Crippen molar-refractivity contribution in [3.8, 4) is 0 Å². The van der Waals surface area contributed by atoms with Gasteiger partial charge in [0, 0.05) is 30.0 Å². The Morgan fingerprint density at radius 3 is 2.86 bits per heavy atom. The molecule has 1 unspecified atom stereocenters. The van der Waals surface area contributed by atoms with Crippen molar-refractivity contribution >= 4 is 23.6 Å². The minimum absolute atomic E-state index is 0.0772. The van der Waals surface area contributed by atoms with Gasteiger partial charge in [0.1, 0.15) is 0 Å². The summed E-state index contributed by atoms with van der Waals surface area (Å²) in [6.45, 7) is 3.41. The van der Waals surface area contributed by atoms with Crippen LogP contribution in [0.4, 0.5) is 0 Å². The highest BCUT2D eigenvalue weighted by Gasteiger charge is 2.25. The quantitative estimate of drug-likeness (QED) is 0.844. The highest BCUT2D eigenvalue weighted by atomic mass is 32.2. The van der Waals surface area contributed by atoms with E-state index in [9.17, 15) is 9.59 Å². The summed E-state index contributed by atoms with van der Waals surface area (Å²) in [4.78, 5) is 26.5. The lowest BCUT2D eigenvalue weighted by atomic mass is 9.92. The van der Waals surface area contributed by atoms with E-state index in [1.165, 1.54) is 0 Å². The Hall–Kier alpha value is -1.49. The molecule has 1 fully saturated rings. The second-order valence-electron chi connectivity index (χ2n) is 5.87. The van der Waals surface area contributed by atoms with E-state index in [4.69, 9.17) is 5.11 Å². The first kappa shape index (κ1) is 16.9. The molecule has 1 N–H and O–H groups in total. The number of aliphatic carboxylic acids is 1. The van der Waals surface area contributed by atoms with Crippen molar-refractivity contribution in [2.75, 3.05) is 19.3 Å². The Balaban J connectivity index is 2.07. The van der Waals surface area contributed by atoms with Crippen molar-refractivity contribution in [3.63, 3.8) is 0 Å². The van der Waals surface area contributed by atoms with E-state index in [2.05, 4.69) is 0 Å². The lowest BCUT2D eigenvalue weighted by molar-refractivity contribution is -0.137. The van der Waals surface area contributed by atoms with Crippen LogP contribution < -0.4 is 0 Å². The number of carbonyl (C=O) groups excluding carboxylic acids is 1. The van der Waals surface area contributed by atoms with E-state index in [0.717, 1.165) is 35.4 Å². The average Bonchev–Trinajstić information content (AvgIpc) is 2.53. The summed E-state index contributed by atoms with van der Waals surface area (Å²) in [5, 5.41) is 8.81. The van der Waals surface area contributed by atoms with Crippen molar-refractivity contribution in [3.05, 3.63) is 29.3 Å². The van der Waals surface area contributed by atoms with Crippen LogP contribution in [0.5, 0.6) is 0 Å². The number of likely N-dealkylation sites (tertiary alicyclic amines) is 1. The van der Waals surface area contributed by atoms with Gasteiger partial charge in [-0.15, -0.1) is 11.8 Å². The number of carbonyl (C=O) groups is 2. The van der Waals surface area contributed by atoms with E-state index >= 15 is 0 Å². The summed E-state index contributed by atoms with van der Waals surface area (Å²) in [6.07, 6.45) is 4.82. The maximum Gasteiger partial charge on any atom is 0.303 e. The molecule has 0 aromatic heterocycles. The molecule has 4 nitrogen and oxygen atoms in total. The summed E-state index contributed by atoms with van der Waals surface area (Å²) in [5.74, 6) is -0.377. The Bertz CT molecular complexity index is 559. The van der Waals surface area contributed by atoms with Crippen LogP contribution in [0.25, 0.3) is 0 Å². The Kier molecular flexibility index (Phi) is 5.89. The molecule has 1 amide bonds. The average molecular weight is 321 g/mol. The molecule has 1 heterocycles. The number of amides is 1. The van der Waals surface area contributed by atoms with Crippen molar-refractivity contribution in [2.45, 2.75) is 37.5 Å². The monoisotopic (exact) mass is 321 g/mol. The van der Waals surface area contributed by atoms with Crippen LogP contribution >= 0.6 is 11.8 Å². The molecule has 0 radical (unpaired) electrons. The second-order valence-corrected chi connectivity index (χ2v) is 6.75. The summed E-state index contributed by atoms with van der Waals surface area (Å²) in [7, 11) is 0. The first-order valence-corrected chi connectivity index (χ1v) is 8.89. The van der Waals surface area contributed by atoms with E-state index in [1.807, 2.05) is 36.3 Å². The molecule has 0 bridgehead atoms. The lowest BCUT2D eigenvalue weighted by Gasteiger charge is -2.33. The molecule has 1 aromatic carbocycles. The summed E-state index contributed by atoms with van der Waals surface area (Å²) in [5.41, 5.74) is 1.76. The highest BCUT2D eigenvalue weighted by Crippen LogP contribution is 2.25. The predicted octanol–water partition coefficient (Wildman–Crippen LogP) is 3.43. The molecule has 1 aliphatic heterocycles. The van der Waals surface area contributed by atoms with Gasteiger partial charge in [0.15, 0.2) is 0 Å². The third kappa shape index (κ3) is 4.26. The van der Waals surface area contributed by atoms with Gasteiger partial charge in [-0.05, 0) is 56.1 Å². The molecule has 1 aliphatic rings. The van der Waals surface area contributed by atoms with Gasteiger partial charge in [-0.2, -0.15) is 0 Å². The number of carboxylic acids is 1. The molecule has 120 valence electrons. The molecule has 5 heteroatoms. The number of benzene rings is 1. The maximum atomic E-state index is 12.8. The van der Waals surface area contributed by atoms with E-state index < -0.39 is 5.97 Å².